The lowest BCUT2D eigenvalue weighted by Crippen LogP contribution is -2.33. The highest BCUT2D eigenvalue weighted by Crippen LogP contribution is 2.31. The first kappa shape index (κ1) is 18.8. The van der Waals surface area contributed by atoms with Gasteiger partial charge in [-0.2, -0.15) is 18.3 Å². The highest BCUT2D eigenvalue weighted by atomic mass is 19.4. The first-order valence-corrected chi connectivity index (χ1v) is 7.59. The third kappa shape index (κ3) is 4.96. The molecular formula is C16H18F3N3O3. The Bertz CT molecular complexity index is 716. The van der Waals surface area contributed by atoms with Crippen molar-refractivity contribution in [2.45, 2.75) is 19.7 Å². The van der Waals surface area contributed by atoms with Crippen molar-refractivity contribution in [1.29, 1.82) is 0 Å². The predicted octanol–water partition coefficient (Wildman–Crippen LogP) is 2.46. The Morgan fingerprint density at radius 2 is 2.12 bits per heavy atom. The fourth-order valence-electron chi connectivity index (χ4n) is 2.15. The first-order chi connectivity index (χ1) is 11.8. The number of nitrogens with zero attached hydrogens (tertiary/aromatic N) is 2. The van der Waals surface area contributed by atoms with Gasteiger partial charge in [-0.1, -0.05) is 6.07 Å². The number of alkyl halides is 3. The molecule has 0 saturated heterocycles. The molecule has 0 fully saturated rings. The van der Waals surface area contributed by atoms with Crippen LogP contribution < -0.4 is 4.74 Å². The topological polar surface area (TPSA) is 78.5 Å². The number of nitrogens with one attached hydrogen (secondary N) is 1. The van der Waals surface area contributed by atoms with Crippen molar-refractivity contribution in [2.75, 3.05) is 19.7 Å². The number of benzene rings is 1. The Balaban J connectivity index is 2.01. The summed E-state index contributed by atoms with van der Waals surface area (Å²) in [6.07, 6.45) is -4.44. The van der Waals surface area contributed by atoms with Crippen molar-refractivity contribution in [3.05, 3.63) is 47.3 Å². The number of halogens is 3. The minimum absolute atomic E-state index is 0.0618. The standard InChI is InChI=1S/C16H18F3N3O3/c1-2-22(6-7-23)15(24)14-9-12(20-21-14)10-25-13-5-3-4-11(8-13)16(17,18)19/h3-5,8-9,23H,2,6-7,10H2,1H3,(H,20,21). The van der Waals surface area contributed by atoms with Gasteiger partial charge in [-0.3, -0.25) is 9.89 Å². The number of hydrogen-bond acceptors (Lipinski definition) is 4. The highest BCUT2D eigenvalue weighted by molar-refractivity contribution is 5.92. The van der Waals surface area contributed by atoms with Crippen LogP contribution >= 0.6 is 0 Å². The fourth-order valence-corrected chi connectivity index (χ4v) is 2.15. The van der Waals surface area contributed by atoms with Crippen molar-refractivity contribution >= 4 is 5.91 Å². The number of aromatic nitrogens is 2. The van der Waals surface area contributed by atoms with Crippen LogP contribution in [-0.4, -0.2) is 45.8 Å². The second-order valence-corrected chi connectivity index (χ2v) is 5.20. The SMILES string of the molecule is CCN(CCO)C(=O)c1cc(COc2cccc(C(F)(F)F)c2)[nH]n1. The van der Waals surface area contributed by atoms with E-state index in [0.29, 0.717) is 12.2 Å². The lowest BCUT2D eigenvalue weighted by Gasteiger charge is -2.17. The fraction of sp³-hybridized carbons (Fsp3) is 0.375. The second kappa shape index (κ2) is 8.02. The molecule has 1 amide bonds. The minimum Gasteiger partial charge on any atom is -0.487 e. The quantitative estimate of drug-likeness (QED) is 0.798. The average Bonchev–Trinajstić information content (AvgIpc) is 3.06. The van der Waals surface area contributed by atoms with E-state index in [1.165, 1.54) is 23.1 Å². The Kier molecular flexibility index (Phi) is 6.02. The summed E-state index contributed by atoms with van der Waals surface area (Å²) in [5.41, 5.74) is -0.202. The Morgan fingerprint density at radius 1 is 1.36 bits per heavy atom. The second-order valence-electron chi connectivity index (χ2n) is 5.20. The number of carbonyl (C=O) groups is 1. The minimum atomic E-state index is -4.44. The van der Waals surface area contributed by atoms with Gasteiger partial charge in [0.25, 0.3) is 5.91 Å². The van der Waals surface area contributed by atoms with Crippen LogP contribution in [0.3, 0.4) is 0 Å². The number of aromatic amines is 1. The number of aliphatic hydroxyl groups is 1. The number of likely N-dealkylation sites (N-methyl/N-ethyl adjacent to an activating group) is 1. The van der Waals surface area contributed by atoms with Gasteiger partial charge in [0.05, 0.1) is 17.9 Å². The summed E-state index contributed by atoms with van der Waals surface area (Å²) in [5, 5.41) is 15.4. The summed E-state index contributed by atoms with van der Waals surface area (Å²) in [6.45, 7) is 2.17. The van der Waals surface area contributed by atoms with Crippen molar-refractivity contribution in [2.24, 2.45) is 0 Å². The first-order valence-electron chi connectivity index (χ1n) is 7.59. The smallest absolute Gasteiger partial charge is 0.416 e. The Labute approximate surface area is 142 Å². The van der Waals surface area contributed by atoms with E-state index in [1.807, 2.05) is 0 Å². The van der Waals surface area contributed by atoms with Crippen molar-refractivity contribution in [1.82, 2.24) is 15.1 Å². The van der Waals surface area contributed by atoms with E-state index >= 15 is 0 Å². The lowest BCUT2D eigenvalue weighted by molar-refractivity contribution is -0.137. The summed E-state index contributed by atoms with van der Waals surface area (Å²) < 4.78 is 43.3. The van der Waals surface area contributed by atoms with Crippen LogP contribution in [0.1, 0.15) is 28.7 Å². The molecule has 0 aliphatic heterocycles. The van der Waals surface area contributed by atoms with E-state index in [-0.39, 0.29) is 37.1 Å². The molecule has 0 aliphatic rings. The van der Waals surface area contributed by atoms with Gasteiger partial charge in [-0.05, 0) is 31.2 Å². The van der Waals surface area contributed by atoms with Crippen LogP contribution in [-0.2, 0) is 12.8 Å². The van der Waals surface area contributed by atoms with Gasteiger partial charge in [0.2, 0.25) is 0 Å². The van der Waals surface area contributed by atoms with Gasteiger partial charge in [-0.15, -0.1) is 0 Å². The third-order valence-corrected chi connectivity index (χ3v) is 3.44. The molecule has 1 aromatic heterocycles. The molecule has 9 heteroatoms. The molecule has 136 valence electrons. The number of H-pyrrole nitrogens is 1. The largest absolute Gasteiger partial charge is 0.487 e. The molecule has 25 heavy (non-hydrogen) atoms. The van der Waals surface area contributed by atoms with Crippen molar-refractivity contribution < 1.29 is 27.8 Å². The summed E-state index contributed by atoms with van der Waals surface area (Å²) in [4.78, 5) is 13.6. The molecule has 0 unspecified atom stereocenters. The molecular weight excluding hydrogens is 339 g/mol. The normalized spacial score (nSPS) is 11.4. The van der Waals surface area contributed by atoms with Gasteiger partial charge in [0.1, 0.15) is 12.4 Å². The molecule has 0 atom stereocenters. The number of amides is 1. The predicted molar refractivity (Wildman–Crippen MR) is 83.0 cm³/mol. The number of ether oxygens (including phenoxy) is 1. The highest BCUT2D eigenvalue weighted by Gasteiger charge is 2.30. The molecule has 6 nitrogen and oxygen atoms in total. The van der Waals surface area contributed by atoms with Crippen molar-refractivity contribution in [3.63, 3.8) is 0 Å². The Hall–Kier alpha value is -2.55. The number of carbonyl (C=O) groups excluding carboxylic acids is 1. The maximum atomic E-state index is 12.7. The average molecular weight is 357 g/mol. The molecule has 2 rings (SSSR count). The molecule has 2 N–H and O–H groups in total. The summed E-state index contributed by atoms with van der Waals surface area (Å²) >= 11 is 0. The monoisotopic (exact) mass is 357 g/mol. The molecule has 0 saturated carbocycles. The van der Waals surface area contributed by atoms with Crippen LogP contribution in [0.5, 0.6) is 5.75 Å². The third-order valence-electron chi connectivity index (χ3n) is 3.44. The van der Waals surface area contributed by atoms with Gasteiger partial charge in [0, 0.05) is 13.1 Å². The van der Waals surface area contributed by atoms with Crippen LogP contribution in [0, 0.1) is 0 Å². The van der Waals surface area contributed by atoms with Crippen LogP contribution in [0.4, 0.5) is 13.2 Å². The maximum Gasteiger partial charge on any atom is 0.416 e. The molecule has 0 bridgehead atoms. The zero-order valence-corrected chi connectivity index (χ0v) is 13.5. The Morgan fingerprint density at radius 3 is 2.76 bits per heavy atom. The molecule has 2 aromatic rings. The summed E-state index contributed by atoms with van der Waals surface area (Å²) in [7, 11) is 0. The van der Waals surface area contributed by atoms with Crippen LogP contribution in [0.2, 0.25) is 0 Å². The van der Waals surface area contributed by atoms with Crippen molar-refractivity contribution in [3.8, 4) is 5.75 Å². The van der Waals surface area contributed by atoms with E-state index in [9.17, 15) is 18.0 Å². The number of hydrogen-bond donors (Lipinski definition) is 2. The molecule has 0 spiro atoms. The van der Waals surface area contributed by atoms with Crippen LogP contribution in [0.25, 0.3) is 0 Å². The van der Waals surface area contributed by atoms with Crippen LogP contribution in [0.15, 0.2) is 30.3 Å². The van der Waals surface area contributed by atoms with Gasteiger partial charge >= 0.3 is 6.18 Å². The van der Waals surface area contributed by atoms with Gasteiger partial charge < -0.3 is 14.7 Å². The summed E-state index contributed by atoms with van der Waals surface area (Å²) in [6, 6.07) is 6.00. The lowest BCUT2D eigenvalue weighted by atomic mass is 10.2. The number of rotatable bonds is 7. The van der Waals surface area contributed by atoms with E-state index < -0.39 is 11.7 Å². The van der Waals surface area contributed by atoms with E-state index in [2.05, 4.69) is 10.2 Å². The molecule has 1 aromatic carbocycles. The molecule has 0 radical (unpaired) electrons. The van der Waals surface area contributed by atoms with E-state index in [1.54, 1.807) is 6.92 Å². The number of aliphatic hydroxyl groups excluding tert-OH is 1. The zero-order valence-electron chi connectivity index (χ0n) is 13.5. The molecule has 1 heterocycles. The van der Waals surface area contributed by atoms with Gasteiger partial charge in [0.15, 0.2) is 5.69 Å². The van der Waals surface area contributed by atoms with Gasteiger partial charge in [-0.25, -0.2) is 0 Å². The summed E-state index contributed by atoms with van der Waals surface area (Å²) in [5.74, 6) is -0.286. The van der Waals surface area contributed by atoms with E-state index in [0.717, 1.165) is 12.1 Å². The zero-order chi connectivity index (χ0) is 18.4. The molecule has 0 aliphatic carbocycles. The maximum absolute atomic E-state index is 12.7. The van der Waals surface area contributed by atoms with E-state index in [4.69, 9.17) is 9.84 Å².